The molecule has 0 aliphatic heterocycles. The van der Waals surface area contributed by atoms with Crippen molar-refractivity contribution >= 4 is 6.09 Å². The van der Waals surface area contributed by atoms with E-state index < -0.39 is 18.5 Å². The van der Waals surface area contributed by atoms with Gasteiger partial charge < -0.3 is 9.47 Å². The Bertz CT molecular complexity index is 184. The van der Waals surface area contributed by atoms with E-state index in [1.54, 1.807) is 13.8 Å². The van der Waals surface area contributed by atoms with Gasteiger partial charge in [-0.05, 0) is 26.7 Å². The normalized spacial score (nSPS) is 14.5. The Morgan fingerprint density at radius 1 is 1.06 bits per heavy atom. The Labute approximate surface area is 97.3 Å². The van der Waals surface area contributed by atoms with Gasteiger partial charge in [0.25, 0.3) is 0 Å². The van der Waals surface area contributed by atoms with Crippen molar-refractivity contribution in [2.75, 3.05) is 13.2 Å². The molecule has 0 aromatic carbocycles. The summed E-state index contributed by atoms with van der Waals surface area (Å²) in [5.41, 5.74) is 0. The molecular weight excluding hydrogens is 210 g/mol. The van der Waals surface area contributed by atoms with E-state index >= 15 is 0 Å². The molecule has 0 rings (SSSR count). The number of ether oxygens (including phenoxy) is 2. The van der Waals surface area contributed by atoms with Gasteiger partial charge in [0.05, 0.1) is 0 Å². The Kier molecular flexibility index (Phi) is 7.93. The molecule has 0 N–H and O–H groups in total. The van der Waals surface area contributed by atoms with Crippen molar-refractivity contribution in [2.24, 2.45) is 0 Å². The summed E-state index contributed by atoms with van der Waals surface area (Å²) >= 11 is 0. The van der Waals surface area contributed by atoms with Gasteiger partial charge in [0.1, 0.15) is 12.5 Å². The van der Waals surface area contributed by atoms with Gasteiger partial charge in [-0.25, -0.2) is 9.90 Å². The monoisotopic (exact) mass is 232 g/mol. The predicted octanol–water partition coefficient (Wildman–Crippen LogP) is 2.38. The Morgan fingerprint density at radius 3 is 1.69 bits per heavy atom. The van der Waals surface area contributed by atoms with Gasteiger partial charge in [0, 0.05) is 13.2 Å². The molecule has 0 aromatic rings. The molecular formula is C11H22NO4. The Hall–Kier alpha value is -0.810. The highest BCUT2D eigenvalue weighted by Crippen LogP contribution is 2.10. The van der Waals surface area contributed by atoms with Crippen LogP contribution in [0.5, 0.6) is 0 Å². The molecule has 2 unspecified atom stereocenters. The zero-order valence-corrected chi connectivity index (χ0v) is 10.6. The first kappa shape index (κ1) is 15.2. The van der Waals surface area contributed by atoms with E-state index in [2.05, 4.69) is 0 Å². The number of carbonyl (C=O) groups excluding carboxylic acids is 1. The second-order valence-electron chi connectivity index (χ2n) is 3.61. The molecule has 2 atom stereocenters. The molecule has 95 valence electrons. The highest BCUT2D eigenvalue weighted by Gasteiger charge is 2.27. The van der Waals surface area contributed by atoms with Crippen LogP contribution in [0.1, 0.15) is 40.5 Å². The second kappa shape index (κ2) is 8.35. The molecule has 16 heavy (non-hydrogen) atoms. The molecule has 1 amide bonds. The standard InChI is InChI=1S/C11H22NO4/c1-5-7-15-9(3)12(11(13)14)10(4)16-8-6-2/h9-10H,5-8H2,1-4H3. The first-order valence-corrected chi connectivity index (χ1v) is 5.77. The molecule has 0 spiro atoms. The number of rotatable bonds is 8. The number of nitrogens with zero attached hydrogens (tertiary/aromatic N) is 1. The van der Waals surface area contributed by atoms with Crippen LogP contribution in [-0.4, -0.2) is 36.7 Å². The van der Waals surface area contributed by atoms with Crippen molar-refractivity contribution in [3.05, 3.63) is 0 Å². The van der Waals surface area contributed by atoms with Crippen LogP contribution in [0.4, 0.5) is 4.79 Å². The van der Waals surface area contributed by atoms with Crippen molar-refractivity contribution in [1.29, 1.82) is 0 Å². The topological polar surface area (TPSA) is 58.7 Å². The summed E-state index contributed by atoms with van der Waals surface area (Å²) in [6, 6.07) is 0. The van der Waals surface area contributed by atoms with E-state index in [1.807, 2.05) is 13.8 Å². The first-order chi connectivity index (χ1) is 7.54. The van der Waals surface area contributed by atoms with Crippen molar-refractivity contribution in [3.8, 4) is 0 Å². The molecule has 0 aliphatic rings. The molecule has 0 saturated carbocycles. The van der Waals surface area contributed by atoms with Crippen LogP contribution >= 0.6 is 0 Å². The summed E-state index contributed by atoms with van der Waals surface area (Å²) in [5.74, 6) is 0. The van der Waals surface area contributed by atoms with Gasteiger partial charge in [0.2, 0.25) is 0 Å². The summed E-state index contributed by atoms with van der Waals surface area (Å²) in [5, 5.41) is 11.0. The zero-order valence-electron chi connectivity index (χ0n) is 10.6. The van der Waals surface area contributed by atoms with Crippen molar-refractivity contribution in [1.82, 2.24) is 4.90 Å². The maximum absolute atomic E-state index is 11.0. The van der Waals surface area contributed by atoms with Crippen LogP contribution < -0.4 is 0 Å². The summed E-state index contributed by atoms with van der Waals surface area (Å²) in [6.07, 6.45) is -0.675. The third-order valence-corrected chi connectivity index (χ3v) is 2.12. The summed E-state index contributed by atoms with van der Waals surface area (Å²) in [7, 11) is 0. The maximum atomic E-state index is 11.0. The average Bonchev–Trinajstić information content (AvgIpc) is 2.23. The molecule has 0 aromatic heterocycles. The van der Waals surface area contributed by atoms with E-state index in [-0.39, 0.29) is 0 Å². The minimum atomic E-state index is -1.27. The SMILES string of the molecule is CCCOC(C)N(C([O])=O)C(C)OCCC. The van der Waals surface area contributed by atoms with Crippen molar-refractivity contribution < 1.29 is 19.4 Å². The fourth-order valence-corrected chi connectivity index (χ4v) is 1.33. The largest absolute Gasteiger partial charge is 0.457 e. The molecule has 1 radical (unpaired) electrons. The fourth-order valence-electron chi connectivity index (χ4n) is 1.33. The number of amides is 1. The van der Waals surface area contributed by atoms with Crippen LogP contribution in [0.3, 0.4) is 0 Å². The predicted molar refractivity (Wildman–Crippen MR) is 59.3 cm³/mol. The van der Waals surface area contributed by atoms with Crippen LogP contribution in [0, 0.1) is 0 Å². The number of hydrogen-bond acceptors (Lipinski definition) is 3. The average molecular weight is 232 g/mol. The Morgan fingerprint density at radius 2 is 1.44 bits per heavy atom. The number of carbonyl (C=O) groups is 1. The van der Waals surface area contributed by atoms with E-state index in [4.69, 9.17) is 9.47 Å². The van der Waals surface area contributed by atoms with Crippen LogP contribution in [-0.2, 0) is 14.6 Å². The van der Waals surface area contributed by atoms with Gasteiger partial charge in [-0.2, -0.15) is 0 Å². The molecule has 0 fully saturated rings. The third-order valence-electron chi connectivity index (χ3n) is 2.12. The minimum Gasteiger partial charge on any atom is -0.358 e. The van der Waals surface area contributed by atoms with E-state index in [9.17, 15) is 9.90 Å². The van der Waals surface area contributed by atoms with Gasteiger partial charge >= 0.3 is 6.09 Å². The lowest BCUT2D eigenvalue weighted by atomic mass is 10.4. The Balaban J connectivity index is 4.28. The molecule has 5 heteroatoms. The van der Waals surface area contributed by atoms with Gasteiger partial charge in [-0.3, -0.25) is 4.90 Å². The molecule has 0 saturated heterocycles. The highest BCUT2D eigenvalue weighted by atomic mass is 16.5. The molecule has 0 bridgehead atoms. The minimum absolute atomic E-state index is 0.519. The van der Waals surface area contributed by atoms with Crippen LogP contribution in [0.2, 0.25) is 0 Å². The van der Waals surface area contributed by atoms with Crippen molar-refractivity contribution in [3.63, 3.8) is 0 Å². The molecule has 5 nitrogen and oxygen atoms in total. The van der Waals surface area contributed by atoms with Crippen LogP contribution in [0.15, 0.2) is 0 Å². The lowest BCUT2D eigenvalue weighted by Crippen LogP contribution is -2.46. The van der Waals surface area contributed by atoms with Gasteiger partial charge in [-0.15, -0.1) is 0 Å². The maximum Gasteiger partial charge on any atom is 0.457 e. The number of hydrogen-bond donors (Lipinski definition) is 0. The second-order valence-corrected chi connectivity index (χ2v) is 3.61. The highest BCUT2D eigenvalue weighted by molar-refractivity contribution is 5.64. The third kappa shape index (κ3) is 5.32. The fraction of sp³-hybridized carbons (Fsp3) is 0.909. The smallest absolute Gasteiger partial charge is 0.358 e. The lowest BCUT2D eigenvalue weighted by Gasteiger charge is -2.30. The quantitative estimate of drug-likeness (QED) is 0.604. The van der Waals surface area contributed by atoms with E-state index in [0.717, 1.165) is 17.7 Å². The summed E-state index contributed by atoms with van der Waals surface area (Å²) in [4.78, 5) is 12.0. The van der Waals surface area contributed by atoms with Crippen molar-refractivity contribution in [2.45, 2.75) is 53.0 Å². The summed E-state index contributed by atoms with van der Waals surface area (Å²) < 4.78 is 10.7. The first-order valence-electron chi connectivity index (χ1n) is 5.77. The molecule has 0 aliphatic carbocycles. The van der Waals surface area contributed by atoms with E-state index in [1.165, 1.54) is 0 Å². The van der Waals surface area contributed by atoms with Gasteiger partial charge in [-0.1, -0.05) is 13.8 Å². The molecule has 0 heterocycles. The van der Waals surface area contributed by atoms with E-state index in [0.29, 0.717) is 13.2 Å². The summed E-state index contributed by atoms with van der Waals surface area (Å²) in [6.45, 7) is 8.32. The zero-order chi connectivity index (χ0) is 12.6. The lowest BCUT2D eigenvalue weighted by molar-refractivity contribution is -0.125. The van der Waals surface area contributed by atoms with Gasteiger partial charge in [0.15, 0.2) is 0 Å². The van der Waals surface area contributed by atoms with Crippen LogP contribution in [0.25, 0.3) is 0 Å².